The zero-order valence-corrected chi connectivity index (χ0v) is 15.9. The molecule has 1 aromatic heterocycles. The second-order valence-electron chi connectivity index (χ2n) is 6.03. The summed E-state index contributed by atoms with van der Waals surface area (Å²) in [5.74, 6) is 2.25. The second-order valence-corrected chi connectivity index (χ2v) is 8.49. The third kappa shape index (κ3) is 3.81. The lowest BCUT2D eigenvalue weighted by molar-refractivity contribution is -0.116. The average Bonchev–Trinajstić information content (AvgIpc) is 2.79. The Morgan fingerprint density at radius 1 is 1.42 bits per heavy atom. The molecule has 1 unspecified atom stereocenters. The highest BCUT2D eigenvalue weighted by Crippen LogP contribution is 2.37. The van der Waals surface area contributed by atoms with E-state index in [1.165, 1.54) is 4.90 Å². The largest absolute Gasteiger partial charge is 0.361 e. The molecule has 1 atom stereocenters. The minimum atomic E-state index is 0.175. The van der Waals surface area contributed by atoms with Crippen molar-refractivity contribution in [3.63, 3.8) is 0 Å². The van der Waals surface area contributed by atoms with Crippen molar-refractivity contribution in [3.05, 3.63) is 41.3 Å². The van der Waals surface area contributed by atoms with Gasteiger partial charge >= 0.3 is 0 Å². The number of benzene rings is 1. The third-order valence-electron chi connectivity index (χ3n) is 4.20. The smallest absolute Gasteiger partial charge is 0.237 e. The number of nitrogens with zero attached hydrogens (tertiary/aromatic N) is 2. The molecule has 24 heavy (non-hydrogen) atoms. The number of amides is 1. The predicted molar refractivity (Wildman–Crippen MR) is 101 cm³/mol. The van der Waals surface area contributed by atoms with E-state index in [2.05, 4.69) is 24.2 Å². The van der Waals surface area contributed by atoms with Gasteiger partial charge in [-0.2, -0.15) is 0 Å². The number of para-hydroxylation sites is 1. The minimum Gasteiger partial charge on any atom is -0.361 e. The monoisotopic (exact) mass is 362 g/mol. The number of rotatable bonds is 4. The molecule has 6 heteroatoms. The van der Waals surface area contributed by atoms with Gasteiger partial charge in [0.05, 0.1) is 17.1 Å². The van der Waals surface area contributed by atoms with Gasteiger partial charge < -0.3 is 9.42 Å². The molecule has 0 spiro atoms. The van der Waals surface area contributed by atoms with Crippen molar-refractivity contribution in [3.8, 4) is 0 Å². The summed E-state index contributed by atoms with van der Waals surface area (Å²) in [6.45, 7) is 6.87. The van der Waals surface area contributed by atoms with Gasteiger partial charge in [0, 0.05) is 28.0 Å². The number of carbonyl (C=O) groups is 1. The highest BCUT2D eigenvalue weighted by Gasteiger charge is 2.24. The van der Waals surface area contributed by atoms with Gasteiger partial charge in [0.25, 0.3) is 0 Å². The summed E-state index contributed by atoms with van der Waals surface area (Å²) in [5, 5.41) is 4.49. The van der Waals surface area contributed by atoms with Gasteiger partial charge in [0.15, 0.2) is 0 Å². The van der Waals surface area contributed by atoms with Gasteiger partial charge in [-0.3, -0.25) is 4.79 Å². The van der Waals surface area contributed by atoms with Crippen molar-refractivity contribution in [2.75, 3.05) is 17.2 Å². The summed E-state index contributed by atoms with van der Waals surface area (Å²) in [7, 11) is 0. The molecule has 1 amide bonds. The normalized spacial score (nSPS) is 17.5. The number of carbonyl (C=O) groups excluding carboxylic acids is 1. The first-order chi connectivity index (χ1) is 11.6. The van der Waals surface area contributed by atoms with Crippen molar-refractivity contribution >= 4 is 35.1 Å². The maximum Gasteiger partial charge on any atom is 0.237 e. The summed E-state index contributed by atoms with van der Waals surface area (Å²) in [6, 6.07) is 8.21. The van der Waals surface area contributed by atoms with Crippen LogP contribution in [0.25, 0.3) is 0 Å². The fourth-order valence-corrected chi connectivity index (χ4v) is 4.93. The lowest BCUT2D eigenvalue weighted by atomic mass is 10.2. The summed E-state index contributed by atoms with van der Waals surface area (Å²) in [6.07, 6.45) is 1.01. The van der Waals surface area contributed by atoms with Gasteiger partial charge in [0.1, 0.15) is 5.76 Å². The van der Waals surface area contributed by atoms with Crippen LogP contribution in [0.4, 0.5) is 5.69 Å². The third-order valence-corrected chi connectivity index (χ3v) is 6.38. The van der Waals surface area contributed by atoms with Gasteiger partial charge in [-0.1, -0.05) is 24.2 Å². The topological polar surface area (TPSA) is 46.3 Å². The number of hydrogen-bond acceptors (Lipinski definition) is 5. The van der Waals surface area contributed by atoms with Crippen LogP contribution in [0.3, 0.4) is 0 Å². The van der Waals surface area contributed by atoms with Crippen molar-refractivity contribution < 1.29 is 9.32 Å². The molecule has 128 valence electrons. The number of thioether (sulfide) groups is 2. The Kier molecular flexibility index (Phi) is 5.56. The molecule has 0 bridgehead atoms. The van der Waals surface area contributed by atoms with Crippen molar-refractivity contribution in [1.29, 1.82) is 0 Å². The van der Waals surface area contributed by atoms with Crippen LogP contribution in [-0.2, 0) is 10.5 Å². The minimum absolute atomic E-state index is 0.175. The zero-order chi connectivity index (χ0) is 17.1. The SMILES string of the molecule is Cc1noc(C)c1CSCC(=O)N1CCC(C)Sc2ccccc21. The Morgan fingerprint density at radius 3 is 2.96 bits per heavy atom. The Labute approximate surface area is 151 Å². The van der Waals surface area contributed by atoms with Crippen molar-refractivity contribution in [2.24, 2.45) is 0 Å². The Hall–Kier alpha value is -1.40. The van der Waals surface area contributed by atoms with E-state index in [1.54, 1.807) is 11.8 Å². The van der Waals surface area contributed by atoms with E-state index in [1.807, 2.05) is 42.6 Å². The van der Waals surface area contributed by atoms with Crippen molar-refractivity contribution in [1.82, 2.24) is 5.16 Å². The molecule has 1 aliphatic heterocycles. The Morgan fingerprint density at radius 2 is 2.21 bits per heavy atom. The first-order valence-electron chi connectivity index (χ1n) is 8.12. The van der Waals surface area contributed by atoms with Crippen LogP contribution < -0.4 is 4.90 Å². The predicted octanol–water partition coefficient (Wildman–Crippen LogP) is 4.44. The fourth-order valence-electron chi connectivity index (χ4n) is 2.77. The van der Waals surface area contributed by atoms with E-state index in [9.17, 15) is 4.79 Å². The van der Waals surface area contributed by atoms with Crippen LogP contribution in [0.2, 0.25) is 0 Å². The van der Waals surface area contributed by atoms with E-state index in [4.69, 9.17) is 4.52 Å². The molecule has 0 saturated heterocycles. The molecule has 2 heterocycles. The number of hydrogen-bond donors (Lipinski definition) is 0. The molecule has 0 radical (unpaired) electrons. The molecule has 0 saturated carbocycles. The molecule has 3 rings (SSSR count). The summed E-state index contributed by atoms with van der Waals surface area (Å²) < 4.78 is 5.18. The molecule has 0 aliphatic carbocycles. The molecule has 4 nitrogen and oxygen atoms in total. The van der Waals surface area contributed by atoms with E-state index in [0.717, 1.165) is 41.4 Å². The van der Waals surface area contributed by atoms with Crippen LogP contribution in [-0.4, -0.2) is 28.6 Å². The lowest BCUT2D eigenvalue weighted by Gasteiger charge is -2.22. The summed E-state index contributed by atoms with van der Waals surface area (Å²) in [5.41, 5.74) is 3.07. The molecule has 2 aromatic rings. The molecule has 1 aromatic carbocycles. The van der Waals surface area contributed by atoms with Gasteiger partial charge in [-0.15, -0.1) is 23.5 Å². The summed E-state index contributed by atoms with van der Waals surface area (Å²) >= 11 is 3.48. The van der Waals surface area contributed by atoms with Crippen LogP contribution >= 0.6 is 23.5 Å². The second kappa shape index (κ2) is 7.66. The Balaban J connectivity index is 1.66. The highest BCUT2D eigenvalue weighted by molar-refractivity contribution is 8.00. The highest BCUT2D eigenvalue weighted by atomic mass is 32.2. The lowest BCUT2D eigenvalue weighted by Crippen LogP contribution is -2.33. The number of fused-ring (bicyclic) bond motifs is 1. The number of anilines is 1. The standard InChI is InChI=1S/C18H22N2O2S2/c1-12-8-9-20(16-6-4-5-7-17(16)24-12)18(21)11-23-10-15-13(2)19-22-14(15)3/h4-7,12H,8-11H2,1-3H3. The summed E-state index contributed by atoms with van der Waals surface area (Å²) in [4.78, 5) is 15.9. The van der Waals surface area contributed by atoms with Crippen LogP contribution in [0.15, 0.2) is 33.7 Å². The maximum absolute atomic E-state index is 12.8. The number of aryl methyl sites for hydroxylation is 2. The van der Waals surface area contributed by atoms with E-state index < -0.39 is 0 Å². The zero-order valence-electron chi connectivity index (χ0n) is 14.2. The van der Waals surface area contributed by atoms with Gasteiger partial charge in [-0.25, -0.2) is 0 Å². The van der Waals surface area contributed by atoms with Crippen LogP contribution in [0.5, 0.6) is 0 Å². The molecular formula is C18H22N2O2S2. The van der Waals surface area contributed by atoms with E-state index >= 15 is 0 Å². The first kappa shape index (κ1) is 17.4. The van der Waals surface area contributed by atoms with Crippen LogP contribution in [0.1, 0.15) is 30.4 Å². The molecule has 0 fully saturated rings. The molecule has 0 N–H and O–H groups in total. The van der Waals surface area contributed by atoms with E-state index in [0.29, 0.717) is 11.0 Å². The average molecular weight is 363 g/mol. The molecule has 1 aliphatic rings. The van der Waals surface area contributed by atoms with Gasteiger partial charge in [0.2, 0.25) is 5.91 Å². The number of aromatic nitrogens is 1. The quantitative estimate of drug-likeness (QED) is 0.804. The van der Waals surface area contributed by atoms with E-state index in [-0.39, 0.29) is 5.91 Å². The first-order valence-corrected chi connectivity index (χ1v) is 10.1. The fraction of sp³-hybridized carbons (Fsp3) is 0.444. The Bertz CT molecular complexity index is 710. The van der Waals surface area contributed by atoms with Crippen molar-refractivity contribution in [2.45, 2.75) is 43.1 Å². The van der Waals surface area contributed by atoms with Gasteiger partial charge in [-0.05, 0) is 32.4 Å². The van der Waals surface area contributed by atoms with Crippen LogP contribution in [0, 0.1) is 13.8 Å². The molecular weight excluding hydrogens is 340 g/mol. The maximum atomic E-state index is 12.8.